The van der Waals surface area contributed by atoms with E-state index in [1.54, 1.807) is 13.8 Å². The van der Waals surface area contributed by atoms with E-state index in [1.165, 1.54) is 6.07 Å². The van der Waals surface area contributed by atoms with E-state index in [9.17, 15) is 14.4 Å². The van der Waals surface area contributed by atoms with Gasteiger partial charge >= 0.3 is 17.9 Å². The van der Waals surface area contributed by atoms with Crippen molar-refractivity contribution in [3.63, 3.8) is 0 Å². The number of benzene rings is 1. The van der Waals surface area contributed by atoms with Crippen molar-refractivity contribution in [2.75, 3.05) is 13.2 Å². The molecular weight excluding hydrogens is 314 g/mol. The molecule has 0 aromatic heterocycles. The Morgan fingerprint density at radius 2 is 1.21 bits per heavy atom. The normalized spacial score (nSPS) is 10.2. The van der Waals surface area contributed by atoms with Gasteiger partial charge in [0.2, 0.25) is 0 Å². The third kappa shape index (κ3) is 8.89. The van der Waals surface area contributed by atoms with E-state index in [0.717, 1.165) is 12.1 Å². The van der Waals surface area contributed by atoms with Gasteiger partial charge in [0.05, 0.1) is 29.9 Å². The van der Waals surface area contributed by atoms with Gasteiger partial charge in [-0.25, -0.2) is 14.4 Å². The molecule has 24 heavy (non-hydrogen) atoms. The molecule has 1 aromatic rings. The molecule has 0 fully saturated rings. The van der Waals surface area contributed by atoms with E-state index >= 15 is 0 Å². The highest BCUT2D eigenvalue weighted by Gasteiger charge is 2.17. The first-order chi connectivity index (χ1) is 11.0. The van der Waals surface area contributed by atoms with Crippen LogP contribution in [0.25, 0.3) is 0 Å². The van der Waals surface area contributed by atoms with Crippen LogP contribution in [0.15, 0.2) is 18.2 Å². The number of hydrogen-bond donors (Lipinski definition) is 2. The van der Waals surface area contributed by atoms with Crippen LogP contribution >= 0.6 is 0 Å². The SMILES string of the molecule is CC(C)(C)N.CCOC(=O)c1cc(C(=O)O)cc(C(=O)OCC)c1. The first-order valence-electron chi connectivity index (χ1n) is 7.51. The summed E-state index contributed by atoms with van der Waals surface area (Å²) in [4.78, 5) is 34.1. The van der Waals surface area contributed by atoms with Crippen LogP contribution in [-0.2, 0) is 9.47 Å². The number of aromatic carboxylic acids is 1. The summed E-state index contributed by atoms with van der Waals surface area (Å²) in [6.45, 7) is 9.47. The molecule has 0 bridgehead atoms. The topological polar surface area (TPSA) is 116 Å². The minimum Gasteiger partial charge on any atom is -0.478 e. The fourth-order valence-corrected chi connectivity index (χ4v) is 1.42. The van der Waals surface area contributed by atoms with Gasteiger partial charge in [-0.15, -0.1) is 0 Å². The van der Waals surface area contributed by atoms with Crippen molar-refractivity contribution in [2.45, 2.75) is 40.2 Å². The average Bonchev–Trinajstić information content (AvgIpc) is 2.45. The van der Waals surface area contributed by atoms with Gasteiger partial charge in [-0.05, 0) is 52.8 Å². The molecule has 0 aliphatic rings. The maximum Gasteiger partial charge on any atom is 0.338 e. The van der Waals surface area contributed by atoms with Crippen molar-refractivity contribution < 1.29 is 29.0 Å². The number of carboxylic acids is 1. The monoisotopic (exact) mass is 339 g/mol. The number of carbonyl (C=O) groups is 3. The minimum absolute atomic E-state index is 0. The van der Waals surface area contributed by atoms with Crippen molar-refractivity contribution in [1.29, 1.82) is 0 Å². The van der Waals surface area contributed by atoms with Crippen molar-refractivity contribution >= 4 is 17.9 Å². The lowest BCUT2D eigenvalue weighted by molar-refractivity contribution is 0.0525. The summed E-state index contributed by atoms with van der Waals surface area (Å²) in [6.07, 6.45) is 0. The number of hydrogen-bond acceptors (Lipinski definition) is 6. The second kappa shape index (κ2) is 9.67. The molecule has 1 aromatic carbocycles. The summed E-state index contributed by atoms with van der Waals surface area (Å²) in [6, 6.07) is 3.56. The number of nitrogens with two attached hydrogens (primary N) is 1. The van der Waals surface area contributed by atoms with Gasteiger partial charge in [0, 0.05) is 5.54 Å². The lowest BCUT2D eigenvalue weighted by Crippen LogP contribution is -2.26. The highest BCUT2D eigenvalue weighted by atomic mass is 16.5. The van der Waals surface area contributed by atoms with Gasteiger partial charge in [-0.3, -0.25) is 0 Å². The smallest absolute Gasteiger partial charge is 0.338 e. The Morgan fingerprint density at radius 1 is 0.917 bits per heavy atom. The fraction of sp³-hybridized carbons (Fsp3) is 0.471. The molecule has 0 aliphatic heterocycles. The van der Waals surface area contributed by atoms with Gasteiger partial charge in [-0.2, -0.15) is 0 Å². The summed E-state index contributed by atoms with van der Waals surface area (Å²) < 4.78 is 9.55. The van der Waals surface area contributed by atoms with Crippen LogP contribution in [-0.4, -0.2) is 41.8 Å². The van der Waals surface area contributed by atoms with Crippen molar-refractivity contribution in [2.24, 2.45) is 5.73 Å². The Balaban J connectivity index is 0.000000922. The standard InChI is InChI=1S/C13H14O6.C4H11N/c1-3-18-12(16)9-5-8(11(14)15)6-10(7-9)13(17)19-4-2;1-4(2,3)5/h5-7H,3-4H2,1-2H3,(H,14,15);5H2,1-3H3. The molecule has 0 saturated heterocycles. The first kappa shape index (κ1) is 21.6. The summed E-state index contributed by atoms with van der Waals surface area (Å²) in [5.41, 5.74) is 5.19. The van der Waals surface area contributed by atoms with Gasteiger partial charge in [0.1, 0.15) is 0 Å². The molecule has 0 unspecified atom stereocenters. The molecule has 0 spiro atoms. The van der Waals surface area contributed by atoms with Crippen LogP contribution in [0.2, 0.25) is 0 Å². The number of esters is 2. The van der Waals surface area contributed by atoms with E-state index in [4.69, 9.17) is 20.3 Å². The highest BCUT2D eigenvalue weighted by Crippen LogP contribution is 2.13. The number of carbonyl (C=O) groups excluding carboxylic acids is 2. The van der Waals surface area contributed by atoms with E-state index in [0.29, 0.717) is 0 Å². The summed E-state index contributed by atoms with van der Waals surface area (Å²) in [5, 5.41) is 8.95. The molecule has 0 atom stereocenters. The van der Waals surface area contributed by atoms with Crippen LogP contribution in [0.3, 0.4) is 0 Å². The van der Waals surface area contributed by atoms with E-state index < -0.39 is 17.9 Å². The molecule has 1 rings (SSSR count). The number of carboxylic acid groups (broad SMARTS) is 1. The fourth-order valence-electron chi connectivity index (χ4n) is 1.42. The third-order valence-corrected chi connectivity index (χ3v) is 2.20. The zero-order chi connectivity index (χ0) is 18.9. The first-order valence-corrected chi connectivity index (χ1v) is 7.51. The summed E-state index contributed by atoms with van der Waals surface area (Å²) in [7, 11) is 0. The lowest BCUT2D eigenvalue weighted by atomic mass is 10.1. The maximum atomic E-state index is 11.6. The Morgan fingerprint density at radius 3 is 1.46 bits per heavy atom. The number of ether oxygens (including phenoxy) is 2. The van der Waals surface area contributed by atoms with Crippen molar-refractivity contribution in [1.82, 2.24) is 0 Å². The Bertz CT molecular complexity index is 547. The second-order valence-electron chi connectivity index (χ2n) is 5.91. The summed E-state index contributed by atoms with van der Waals surface area (Å²) >= 11 is 0. The van der Waals surface area contributed by atoms with E-state index in [2.05, 4.69) is 0 Å². The zero-order valence-corrected chi connectivity index (χ0v) is 14.7. The molecule has 7 heteroatoms. The summed E-state index contributed by atoms with van der Waals surface area (Å²) in [5.74, 6) is -2.61. The number of rotatable bonds is 5. The molecule has 0 heterocycles. The molecule has 0 saturated carbocycles. The molecular formula is C17H25NO6. The van der Waals surface area contributed by atoms with Crippen molar-refractivity contribution in [3.05, 3.63) is 34.9 Å². The van der Waals surface area contributed by atoms with Crippen molar-refractivity contribution in [3.8, 4) is 0 Å². The molecule has 134 valence electrons. The quantitative estimate of drug-likeness (QED) is 0.792. The van der Waals surface area contributed by atoms with Gasteiger partial charge in [0.15, 0.2) is 0 Å². The molecule has 7 nitrogen and oxygen atoms in total. The van der Waals surface area contributed by atoms with Crippen LogP contribution < -0.4 is 5.73 Å². The predicted octanol–water partition coefficient (Wildman–Crippen LogP) is 2.48. The lowest BCUT2D eigenvalue weighted by Gasteiger charge is -2.07. The third-order valence-electron chi connectivity index (χ3n) is 2.20. The molecule has 3 N–H and O–H groups in total. The predicted molar refractivity (Wildman–Crippen MR) is 89.3 cm³/mol. The molecule has 0 aliphatic carbocycles. The van der Waals surface area contributed by atoms with Gasteiger partial charge < -0.3 is 20.3 Å². The van der Waals surface area contributed by atoms with E-state index in [-0.39, 0.29) is 35.4 Å². The van der Waals surface area contributed by atoms with Crippen LogP contribution in [0, 0.1) is 0 Å². The highest BCUT2D eigenvalue weighted by molar-refractivity contribution is 6.00. The molecule has 0 amide bonds. The average molecular weight is 339 g/mol. The maximum absolute atomic E-state index is 11.6. The van der Waals surface area contributed by atoms with Crippen LogP contribution in [0.4, 0.5) is 0 Å². The largest absolute Gasteiger partial charge is 0.478 e. The van der Waals surface area contributed by atoms with Crippen LogP contribution in [0.1, 0.15) is 65.7 Å². The van der Waals surface area contributed by atoms with Gasteiger partial charge in [0.25, 0.3) is 0 Å². The Labute approximate surface area is 141 Å². The second-order valence-corrected chi connectivity index (χ2v) is 5.91. The zero-order valence-electron chi connectivity index (χ0n) is 14.7. The van der Waals surface area contributed by atoms with Gasteiger partial charge in [-0.1, -0.05) is 0 Å². The molecule has 0 radical (unpaired) electrons. The Hall–Kier alpha value is -2.41. The van der Waals surface area contributed by atoms with E-state index in [1.807, 2.05) is 20.8 Å². The Kier molecular flexibility index (Phi) is 8.70. The minimum atomic E-state index is -1.24. The van der Waals surface area contributed by atoms with Crippen LogP contribution in [0.5, 0.6) is 0 Å².